The molecule has 2 aromatic heterocycles. The highest BCUT2D eigenvalue weighted by Gasteiger charge is 2.14. The van der Waals surface area contributed by atoms with E-state index in [1.807, 2.05) is 32.0 Å². The Kier molecular flexibility index (Phi) is 4.68. The van der Waals surface area contributed by atoms with Crippen LogP contribution in [-0.2, 0) is 6.42 Å². The molecule has 0 amide bonds. The van der Waals surface area contributed by atoms with Crippen LogP contribution in [0, 0.1) is 0 Å². The first kappa shape index (κ1) is 13.7. The lowest BCUT2D eigenvalue weighted by Gasteiger charge is -2.13. The van der Waals surface area contributed by atoms with Crippen LogP contribution in [0.15, 0.2) is 30.7 Å². The second-order valence-electron chi connectivity index (χ2n) is 4.46. The van der Waals surface area contributed by atoms with E-state index in [9.17, 15) is 0 Å². The number of hydrogen-bond acceptors (Lipinski definition) is 4. The number of ether oxygens (including phenoxy) is 1. The molecule has 5 heteroatoms. The third-order valence-electron chi connectivity index (χ3n) is 2.70. The minimum absolute atomic E-state index is 0.221. The van der Waals surface area contributed by atoms with Gasteiger partial charge in [-0.1, -0.05) is 31.5 Å². The van der Waals surface area contributed by atoms with Crippen LogP contribution in [-0.4, -0.2) is 21.6 Å². The molecule has 4 nitrogen and oxygen atoms in total. The molecule has 0 aliphatic rings. The van der Waals surface area contributed by atoms with Gasteiger partial charge in [-0.2, -0.15) is 0 Å². The van der Waals surface area contributed by atoms with Gasteiger partial charge < -0.3 is 4.74 Å². The van der Waals surface area contributed by atoms with E-state index < -0.39 is 0 Å². The quantitative estimate of drug-likeness (QED) is 0.787. The van der Waals surface area contributed by atoms with Gasteiger partial charge in [0.05, 0.1) is 12.2 Å². The highest BCUT2D eigenvalue weighted by atomic mass is 35.5. The van der Waals surface area contributed by atoms with E-state index in [4.69, 9.17) is 16.3 Å². The first-order chi connectivity index (χ1) is 9.18. The molecule has 2 heterocycles. The molecule has 0 fully saturated rings. The van der Waals surface area contributed by atoms with Crippen molar-refractivity contribution in [1.29, 1.82) is 0 Å². The maximum Gasteiger partial charge on any atom is 0.221 e. The molecule has 2 aromatic rings. The molecular weight excluding hydrogens is 262 g/mol. The summed E-state index contributed by atoms with van der Waals surface area (Å²) in [6, 6.07) is 5.83. The normalized spacial score (nSPS) is 10.7. The maximum absolute atomic E-state index is 6.08. The zero-order chi connectivity index (χ0) is 13.7. The van der Waals surface area contributed by atoms with Crippen molar-refractivity contribution in [2.75, 3.05) is 6.61 Å². The van der Waals surface area contributed by atoms with Gasteiger partial charge in [-0.3, -0.25) is 4.98 Å². The predicted molar refractivity (Wildman–Crippen MR) is 74.6 cm³/mol. The van der Waals surface area contributed by atoms with Crippen LogP contribution >= 0.6 is 11.6 Å². The Hall–Kier alpha value is -1.68. The van der Waals surface area contributed by atoms with Gasteiger partial charge >= 0.3 is 0 Å². The molecule has 0 radical (unpaired) electrons. The van der Waals surface area contributed by atoms with Crippen LogP contribution in [0.5, 0.6) is 5.88 Å². The third-order valence-corrected chi connectivity index (χ3v) is 3.00. The van der Waals surface area contributed by atoms with Crippen molar-refractivity contribution in [1.82, 2.24) is 15.0 Å². The molecule has 19 heavy (non-hydrogen) atoms. The van der Waals surface area contributed by atoms with E-state index in [1.54, 1.807) is 6.20 Å². The number of pyridine rings is 1. The highest BCUT2D eigenvalue weighted by molar-refractivity contribution is 6.30. The van der Waals surface area contributed by atoms with Crippen molar-refractivity contribution in [3.63, 3.8) is 0 Å². The summed E-state index contributed by atoms with van der Waals surface area (Å²) in [5.74, 6) is 0.782. The summed E-state index contributed by atoms with van der Waals surface area (Å²) in [7, 11) is 0. The van der Waals surface area contributed by atoms with Crippen molar-refractivity contribution in [3.8, 4) is 5.88 Å². The van der Waals surface area contributed by atoms with E-state index in [2.05, 4.69) is 15.0 Å². The number of rotatable bonds is 5. The van der Waals surface area contributed by atoms with Gasteiger partial charge in [0.1, 0.15) is 11.5 Å². The molecule has 2 rings (SSSR count). The standard InChI is InChI=1S/C14H16ClN3O/c1-10(2)12-13(15)17-9-18-14(12)19-8-6-11-5-3-4-7-16-11/h3-5,7,9-10H,6,8H2,1-2H3. The van der Waals surface area contributed by atoms with Crippen molar-refractivity contribution in [2.45, 2.75) is 26.2 Å². The van der Waals surface area contributed by atoms with E-state index in [1.165, 1.54) is 6.33 Å². The third kappa shape index (κ3) is 3.64. The molecule has 0 unspecified atom stereocenters. The average Bonchev–Trinajstić information content (AvgIpc) is 2.39. The van der Waals surface area contributed by atoms with Gasteiger partial charge in [0.2, 0.25) is 5.88 Å². The summed E-state index contributed by atoms with van der Waals surface area (Å²) in [5, 5.41) is 0.456. The monoisotopic (exact) mass is 277 g/mol. The molecular formula is C14H16ClN3O. The molecule has 0 aliphatic carbocycles. The molecule has 0 bridgehead atoms. The fourth-order valence-corrected chi connectivity index (χ4v) is 2.10. The first-order valence-electron chi connectivity index (χ1n) is 6.21. The molecule has 0 saturated heterocycles. The zero-order valence-corrected chi connectivity index (χ0v) is 11.8. The number of aromatic nitrogens is 3. The van der Waals surface area contributed by atoms with Crippen molar-refractivity contribution in [2.24, 2.45) is 0 Å². The lowest BCUT2D eigenvalue weighted by molar-refractivity contribution is 0.302. The summed E-state index contributed by atoms with van der Waals surface area (Å²) < 4.78 is 5.71. The van der Waals surface area contributed by atoms with E-state index in [0.29, 0.717) is 17.6 Å². The molecule has 0 aliphatic heterocycles. The molecule has 0 atom stereocenters. The first-order valence-corrected chi connectivity index (χ1v) is 6.59. The van der Waals surface area contributed by atoms with Gasteiger partial charge in [-0.25, -0.2) is 9.97 Å². The van der Waals surface area contributed by atoms with Crippen molar-refractivity contribution >= 4 is 11.6 Å². The maximum atomic E-state index is 6.08. The summed E-state index contributed by atoms with van der Waals surface area (Å²) in [6.45, 7) is 4.59. The number of nitrogens with zero attached hydrogens (tertiary/aromatic N) is 3. The predicted octanol–water partition coefficient (Wildman–Crippen LogP) is 3.27. The summed E-state index contributed by atoms with van der Waals surface area (Å²) in [5.41, 5.74) is 1.85. The van der Waals surface area contributed by atoms with Gasteiger partial charge in [0.25, 0.3) is 0 Å². The molecule has 0 saturated carbocycles. The van der Waals surface area contributed by atoms with Crippen LogP contribution in [0.25, 0.3) is 0 Å². The summed E-state index contributed by atoms with van der Waals surface area (Å²) in [4.78, 5) is 12.4. The Morgan fingerprint density at radius 3 is 2.74 bits per heavy atom. The Morgan fingerprint density at radius 1 is 1.21 bits per heavy atom. The average molecular weight is 278 g/mol. The Balaban J connectivity index is 2.02. The van der Waals surface area contributed by atoms with Crippen LogP contribution < -0.4 is 4.74 Å². The van der Waals surface area contributed by atoms with E-state index >= 15 is 0 Å². The summed E-state index contributed by atoms with van der Waals surface area (Å²) in [6.07, 6.45) is 3.93. The van der Waals surface area contributed by atoms with Crippen LogP contribution in [0.4, 0.5) is 0 Å². The topological polar surface area (TPSA) is 47.9 Å². The molecule has 100 valence electrons. The Labute approximate surface area is 117 Å². The number of hydrogen-bond donors (Lipinski definition) is 0. The minimum Gasteiger partial charge on any atom is -0.477 e. The lowest BCUT2D eigenvalue weighted by atomic mass is 10.1. The van der Waals surface area contributed by atoms with E-state index in [0.717, 1.165) is 17.7 Å². The largest absolute Gasteiger partial charge is 0.477 e. The van der Waals surface area contributed by atoms with E-state index in [-0.39, 0.29) is 5.92 Å². The lowest BCUT2D eigenvalue weighted by Crippen LogP contribution is -2.07. The van der Waals surface area contributed by atoms with Gasteiger partial charge in [-0.15, -0.1) is 0 Å². The fraction of sp³-hybridized carbons (Fsp3) is 0.357. The number of halogens is 1. The molecule has 0 aromatic carbocycles. The Bertz CT molecular complexity index is 531. The van der Waals surface area contributed by atoms with Gasteiger partial charge in [0.15, 0.2) is 0 Å². The van der Waals surface area contributed by atoms with Crippen molar-refractivity contribution in [3.05, 3.63) is 47.1 Å². The molecule has 0 N–H and O–H groups in total. The fourth-order valence-electron chi connectivity index (χ4n) is 1.76. The van der Waals surface area contributed by atoms with Crippen LogP contribution in [0.1, 0.15) is 31.0 Å². The summed E-state index contributed by atoms with van der Waals surface area (Å²) >= 11 is 6.08. The Morgan fingerprint density at radius 2 is 2.05 bits per heavy atom. The minimum atomic E-state index is 0.221. The zero-order valence-electron chi connectivity index (χ0n) is 11.0. The second kappa shape index (κ2) is 6.48. The second-order valence-corrected chi connectivity index (χ2v) is 4.82. The van der Waals surface area contributed by atoms with Crippen LogP contribution in [0.3, 0.4) is 0 Å². The SMILES string of the molecule is CC(C)c1c(Cl)ncnc1OCCc1ccccn1. The highest BCUT2D eigenvalue weighted by Crippen LogP contribution is 2.29. The smallest absolute Gasteiger partial charge is 0.221 e. The molecule has 0 spiro atoms. The van der Waals surface area contributed by atoms with Gasteiger partial charge in [0, 0.05) is 18.3 Å². The van der Waals surface area contributed by atoms with Crippen molar-refractivity contribution < 1.29 is 4.74 Å². The van der Waals surface area contributed by atoms with Crippen LogP contribution in [0.2, 0.25) is 5.15 Å². The van der Waals surface area contributed by atoms with Gasteiger partial charge in [-0.05, 0) is 18.1 Å².